The van der Waals surface area contributed by atoms with Crippen molar-refractivity contribution in [2.24, 2.45) is 0 Å². The molecular weight excluding hydrogens is 267 g/mol. The van der Waals surface area contributed by atoms with Crippen molar-refractivity contribution in [2.75, 3.05) is 6.26 Å². The Labute approximate surface area is 95.2 Å². The highest BCUT2D eigenvalue weighted by atomic mass is 79.9. The molecule has 0 bridgehead atoms. The van der Waals surface area contributed by atoms with Crippen molar-refractivity contribution >= 4 is 33.5 Å². The molecule has 0 aliphatic rings. The van der Waals surface area contributed by atoms with Gasteiger partial charge in [0, 0.05) is 10.5 Å². The first-order valence-electron chi connectivity index (χ1n) is 4.08. The van der Waals surface area contributed by atoms with Gasteiger partial charge in [0.1, 0.15) is 5.82 Å². The van der Waals surface area contributed by atoms with Crippen LogP contribution in [0, 0.1) is 5.82 Å². The second kappa shape index (κ2) is 4.94. The van der Waals surface area contributed by atoms with Gasteiger partial charge >= 0.3 is 0 Å². The van der Waals surface area contributed by atoms with E-state index in [0.717, 1.165) is 4.90 Å². The quantitative estimate of drug-likeness (QED) is 0.478. The summed E-state index contributed by atoms with van der Waals surface area (Å²) in [6, 6.07) is 4.27. The predicted molar refractivity (Wildman–Crippen MR) is 60.9 cm³/mol. The molecule has 0 N–H and O–H groups in total. The van der Waals surface area contributed by atoms with Crippen molar-refractivity contribution in [3.05, 3.63) is 29.6 Å². The fourth-order valence-electron chi connectivity index (χ4n) is 1.09. The Balaban J connectivity index is 3.17. The van der Waals surface area contributed by atoms with Crippen molar-refractivity contribution in [3.8, 4) is 0 Å². The van der Waals surface area contributed by atoms with Gasteiger partial charge in [-0.25, -0.2) is 4.39 Å². The lowest BCUT2D eigenvalue weighted by atomic mass is 10.1. The number of carbonyl (C=O) groups is 1. The van der Waals surface area contributed by atoms with Crippen molar-refractivity contribution in [2.45, 2.75) is 16.6 Å². The van der Waals surface area contributed by atoms with E-state index in [4.69, 9.17) is 0 Å². The standard InChI is InChI=1S/C10H10BrFOS/c1-6(11)10(13)8-5-7(12)3-4-9(8)14-2/h3-6H,1-2H3. The average Bonchev–Trinajstić information content (AvgIpc) is 2.16. The van der Waals surface area contributed by atoms with Crippen LogP contribution in [-0.2, 0) is 0 Å². The van der Waals surface area contributed by atoms with E-state index >= 15 is 0 Å². The number of Topliss-reactive ketones (excluding diaryl/α,β-unsaturated/α-hetero) is 1. The van der Waals surface area contributed by atoms with E-state index in [1.54, 1.807) is 13.0 Å². The number of hydrogen-bond donors (Lipinski definition) is 0. The lowest BCUT2D eigenvalue weighted by Crippen LogP contribution is -2.11. The summed E-state index contributed by atoms with van der Waals surface area (Å²) >= 11 is 4.62. The molecule has 1 atom stereocenters. The summed E-state index contributed by atoms with van der Waals surface area (Å²) in [4.78, 5) is 12.2. The van der Waals surface area contributed by atoms with Crippen LogP contribution < -0.4 is 0 Å². The summed E-state index contributed by atoms with van der Waals surface area (Å²) in [5.41, 5.74) is 0.446. The van der Waals surface area contributed by atoms with Gasteiger partial charge < -0.3 is 0 Å². The van der Waals surface area contributed by atoms with Gasteiger partial charge in [-0.2, -0.15) is 0 Å². The SMILES string of the molecule is CSc1ccc(F)cc1C(=O)C(C)Br. The van der Waals surface area contributed by atoms with Crippen LogP contribution >= 0.6 is 27.7 Å². The van der Waals surface area contributed by atoms with Gasteiger partial charge in [0.2, 0.25) is 0 Å². The maximum Gasteiger partial charge on any atom is 0.177 e. The summed E-state index contributed by atoms with van der Waals surface area (Å²) in [5, 5.41) is 0. The second-order valence-electron chi connectivity index (χ2n) is 2.82. The molecule has 1 unspecified atom stereocenters. The smallest absolute Gasteiger partial charge is 0.177 e. The van der Waals surface area contributed by atoms with Gasteiger partial charge in [-0.15, -0.1) is 11.8 Å². The van der Waals surface area contributed by atoms with E-state index < -0.39 is 0 Å². The zero-order valence-electron chi connectivity index (χ0n) is 7.88. The molecule has 1 rings (SSSR count). The summed E-state index contributed by atoms with van der Waals surface area (Å²) in [6.45, 7) is 1.73. The Morgan fingerprint density at radius 3 is 2.71 bits per heavy atom. The highest BCUT2D eigenvalue weighted by Gasteiger charge is 2.16. The highest BCUT2D eigenvalue weighted by Crippen LogP contribution is 2.23. The molecule has 0 saturated heterocycles. The van der Waals surface area contributed by atoms with Crippen LogP contribution in [0.1, 0.15) is 17.3 Å². The number of benzene rings is 1. The molecule has 0 saturated carbocycles. The van der Waals surface area contributed by atoms with Crippen molar-refractivity contribution in [3.63, 3.8) is 0 Å². The number of halogens is 2. The third-order valence-electron chi connectivity index (χ3n) is 1.79. The minimum atomic E-state index is -0.376. The molecule has 0 aliphatic heterocycles. The molecular formula is C10H10BrFOS. The molecule has 0 spiro atoms. The first-order chi connectivity index (χ1) is 6.56. The Kier molecular flexibility index (Phi) is 4.13. The number of hydrogen-bond acceptors (Lipinski definition) is 2. The molecule has 14 heavy (non-hydrogen) atoms. The third kappa shape index (κ3) is 2.58. The maximum atomic E-state index is 12.9. The zero-order chi connectivity index (χ0) is 10.7. The van der Waals surface area contributed by atoms with Crippen LogP contribution in [0.15, 0.2) is 23.1 Å². The number of thioether (sulfide) groups is 1. The summed E-state index contributed by atoms with van der Waals surface area (Å²) in [7, 11) is 0. The maximum absolute atomic E-state index is 12.9. The summed E-state index contributed by atoms with van der Waals surface area (Å²) in [5.74, 6) is -0.465. The summed E-state index contributed by atoms with van der Waals surface area (Å²) < 4.78 is 12.9. The monoisotopic (exact) mass is 276 g/mol. The van der Waals surface area contributed by atoms with E-state index in [1.807, 2.05) is 6.26 Å². The Hall–Kier alpha value is -0.350. The molecule has 76 valence electrons. The molecule has 0 amide bonds. The first kappa shape index (κ1) is 11.7. The van der Waals surface area contributed by atoms with Crippen LogP contribution in [0.2, 0.25) is 0 Å². The normalized spacial score (nSPS) is 12.6. The molecule has 0 radical (unpaired) electrons. The minimum Gasteiger partial charge on any atom is -0.293 e. The van der Waals surface area contributed by atoms with Crippen molar-refractivity contribution < 1.29 is 9.18 Å². The molecule has 1 aromatic carbocycles. The van der Waals surface area contributed by atoms with Crippen LogP contribution in [0.4, 0.5) is 4.39 Å². The number of ketones is 1. The van der Waals surface area contributed by atoms with E-state index in [1.165, 1.54) is 23.9 Å². The average molecular weight is 277 g/mol. The number of rotatable bonds is 3. The molecule has 0 aliphatic carbocycles. The van der Waals surface area contributed by atoms with Crippen molar-refractivity contribution in [1.29, 1.82) is 0 Å². The first-order valence-corrected chi connectivity index (χ1v) is 6.22. The van der Waals surface area contributed by atoms with E-state index in [-0.39, 0.29) is 16.4 Å². The molecule has 0 fully saturated rings. The lowest BCUT2D eigenvalue weighted by molar-refractivity contribution is 0.0992. The Morgan fingerprint density at radius 1 is 1.57 bits per heavy atom. The lowest BCUT2D eigenvalue weighted by Gasteiger charge is -2.07. The van der Waals surface area contributed by atoms with Gasteiger partial charge in [0.15, 0.2) is 5.78 Å². The third-order valence-corrected chi connectivity index (χ3v) is 3.00. The fourth-order valence-corrected chi connectivity index (χ4v) is 1.92. The fraction of sp³-hybridized carbons (Fsp3) is 0.300. The van der Waals surface area contributed by atoms with Gasteiger partial charge in [-0.1, -0.05) is 15.9 Å². The number of alkyl halides is 1. The van der Waals surface area contributed by atoms with E-state index in [9.17, 15) is 9.18 Å². The van der Waals surface area contributed by atoms with Crippen LogP contribution in [-0.4, -0.2) is 16.9 Å². The van der Waals surface area contributed by atoms with Crippen LogP contribution in [0.25, 0.3) is 0 Å². The predicted octanol–water partition coefficient (Wildman–Crippen LogP) is 3.51. The molecule has 0 heterocycles. The molecule has 1 aromatic rings. The van der Waals surface area contributed by atoms with E-state index in [0.29, 0.717) is 5.56 Å². The Morgan fingerprint density at radius 2 is 2.21 bits per heavy atom. The topological polar surface area (TPSA) is 17.1 Å². The second-order valence-corrected chi connectivity index (χ2v) is 5.05. The van der Waals surface area contributed by atoms with Crippen LogP contribution in [0.5, 0.6) is 0 Å². The van der Waals surface area contributed by atoms with Gasteiger partial charge in [0.05, 0.1) is 4.83 Å². The minimum absolute atomic E-state index is 0.0890. The van der Waals surface area contributed by atoms with Crippen LogP contribution in [0.3, 0.4) is 0 Å². The molecule has 0 aromatic heterocycles. The largest absolute Gasteiger partial charge is 0.293 e. The molecule has 1 nitrogen and oxygen atoms in total. The van der Waals surface area contributed by atoms with Crippen molar-refractivity contribution in [1.82, 2.24) is 0 Å². The Bertz CT molecular complexity index is 352. The molecule has 4 heteroatoms. The number of carbonyl (C=O) groups excluding carboxylic acids is 1. The highest BCUT2D eigenvalue weighted by molar-refractivity contribution is 9.10. The summed E-state index contributed by atoms with van der Waals surface area (Å²) in [6.07, 6.45) is 1.86. The van der Waals surface area contributed by atoms with Gasteiger partial charge in [-0.3, -0.25) is 4.79 Å². The zero-order valence-corrected chi connectivity index (χ0v) is 10.3. The van der Waals surface area contributed by atoms with E-state index in [2.05, 4.69) is 15.9 Å². The van der Waals surface area contributed by atoms with Gasteiger partial charge in [-0.05, 0) is 31.4 Å². The van der Waals surface area contributed by atoms with Gasteiger partial charge in [0.25, 0.3) is 0 Å².